The third-order valence-corrected chi connectivity index (χ3v) is 3.98. The molecule has 0 rings (SSSR count). The van der Waals surface area contributed by atoms with Gasteiger partial charge in [-0.1, -0.05) is 13.2 Å². The number of esters is 3. The molecule has 1 unspecified atom stereocenters. The average Bonchev–Trinajstić information content (AvgIpc) is 2.50. The monoisotopic (exact) mass is 404 g/mol. The summed E-state index contributed by atoms with van der Waals surface area (Å²) in [4.78, 5) is 34.8. The molecule has 0 aliphatic carbocycles. The van der Waals surface area contributed by atoms with Crippen molar-refractivity contribution in [2.75, 3.05) is 19.8 Å². The Kier molecular flexibility index (Phi) is 12.4. The molecular weight excluding hydrogens is 381 g/mol. The van der Waals surface area contributed by atoms with Gasteiger partial charge in [0.2, 0.25) is 0 Å². The van der Waals surface area contributed by atoms with Crippen LogP contribution in [0.25, 0.3) is 0 Å². The number of carbonyl (C=O) groups is 3. The van der Waals surface area contributed by atoms with Crippen molar-refractivity contribution in [2.45, 2.75) is 26.0 Å². The van der Waals surface area contributed by atoms with Gasteiger partial charge in [0, 0.05) is 11.1 Å². The summed E-state index contributed by atoms with van der Waals surface area (Å²) < 4.78 is 45.1. The standard InChI is InChI=1S/C15H22O9S.Mg.2H/c1-9(2)13(16)23-7-12(8-24-14(17)10(3)4)15(18)22-6-11(5)25(19,20)21;;;/h11-12H,1,3,6-8H2,2,4-5H3,(H,19,20,21);;;/q;+2;2*-1. The zero-order chi connectivity index (χ0) is 19.8. The van der Waals surface area contributed by atoms with Crippen LogP contribution in [0.3, 0.4) is 0 Å². The molecule has 0 saturated carbocycles. The molecule has 0 aromatic rings. The second-order valence-electron chi connectivity index (χ2n) is 5.41. The molecule has 0 bridgehead atoms. The molecule has 0 heterocycles. The van der Waals surface area contributed by atoms with E-state index in [9.17, 15) is 22.8 Å². The normalized spacial score (nSPS) is 11.7. The van der Waals surface area contributed by atoms with Gasteiger partial charge in [0.15, 0.2) is 0 Å². The first-order valence-corrected chi connectivity index (χ1v) is 8.64. The molecule has 0 fully saturated rings. The van der Waals surface area contributed by atoms with Crippen LogP contribution in [0.2, 0.25) is 0 Å². The molecule has 146 valence electrons. The van der Waals surface area contributed by atoms with Crippen molar-refractivity contribution in [2.24, 2.45) is 5.92 Å². The molecule has 1 atom stereocenters. The predicted octanol–water partition coefficient (Wildman–Crippen LogP) is 0.505. The first kappa shape index (κ1) is 26.8. The minimum atomic E-state index is -4.37. The van der Waals surface area contributed by atoms with E-state index in [1.165, 1.54) is 13.8 Å². The quantitative estimate of drug-likeness (QED) is 0.182. The largest absolute Gasteiger partial charge is 2.00 e. The Morgan fingerprint density at radius 1 is 0.962 bits per heavy atom. The summed E-state index contributed by atoms with van der Waals surface area (Å²) in [5, 5.41) is -1.34. The van der Waals surface area contributed by atoms with E-state index >= 15 is 0 Å². The summed E-state index contributed by atoms with van der Waals surface area (Å²) in [6.45, 7) is 9.17. The maximum atomic E-state index is 12.0. The van der Waals surface area contributed by atoms with Crippen molar-refractivity contribution in [3.8, 4) is 0 Å². The van der Waals surface area contributed by atoms with E-state index in [1.807, 2.05) is 0 Å². The first-order valence-electron chi connectivity index (χ1n) is 7.14. The average molecular weight is 405 g/mol. The van der Waals surface area contributed by atoms with Gasteiger partial charge in [-0.05, 0) is 20.8 Å². The van der Waals surface area contributed by atoms with Crippen LogP contribution in [0.4, 0.5) is 0 Å². The Morgan fingerprint density at radius 3 is 1.65 bits per heavy atom. The molecule has 0 aromatic heterocycles. The minimum Gasteiger partial charge on any atom is -1.00 e. The van der Waals surface area contributed by atoms with Crippen LogP contribution in [-0.4, -0.2) is 79.0 Å². The van der Waals surface area contributed by atoms with Gasteiger partial charge in [0.1, 0.15) is 31.0 Å². The van der Waals surface area contributed by atoms with Gasteiger partial charge in [-0.25, -0.2) is 9.59 Å². The van der Waals surface area contributed by atoms with Crippen molar-refractivity contribution in [3.05, 3.63) is 24.3 Å². The molecular formula is C15H24MgO9S. The molecule has 11 heteroatoms. The van der Waals surface area contributed by atoms with Crippen LogP contribution in [0, 0.1) is 5.92 Å². The van der Waals surface area contributed by atoms with Crippen molar-refractivity contribution in [1.29, 1.82) is 0 Å². The van der Waals surface area contributed by atoms with E-state index in [4.69, 9.17) is 18.8 Å². The number of hydrogen-bond donors (Lipinski definition) is 1. The van der Waals surface area contributed by atoms with Gasteiger partial charge >= 0.3 is 41.0 Å². The molecule has 0 aliphatic heterocycles. The van der Waals surface area contributed by atoms with Gasteiger partial charge in [-0.2, -0.15) is 8.42 Å². The van der Waals surface area contributed by atoms with E-state index < -0.39 is 59.0 Å². The van der Waals surface area contributed by atoms with Gasteiger partial charge in [-0.15, -0.1) is 0 Å². The van der Waals surface area contributed by atoms with Crippen LogP contribution >= 0.6 is 0 Å². The van der Waals surface area contributed by atoms with E-state index in [0.29, 0.717) is 0 Å². The second-order valence-corrected chi connectivity index (χ2v) is 7.24. The molecule has 26 heavy (non-hydrogen) atoms. The topological polar surface area (TPSA) is 133 Å². The summed E-state index contributed by atoms with van der Waals surface area (Å²) >= 11 is 0. The Hall–Kier alpha value is -1.43. The van der Waals surface area contributed by atoms with Crippen molar-refractivity contribution < 1.29 is 44.4 Å². The fourth-order valence-electron chi connectivity index (χ4n) is 1.19. The third-order valence-electron chi connectivity index (χ3n) is 2.83. The Labute approximate surface area is 171 Å². The molecule has 9 nitrogen and oxygen atoms in total. The van der Waals surface area contributed by atoms with Gasteiger partial charge in [-0.3, -0.25) is 9.35 Å². The maximum absolute atomic E-state index is 12.0. The molecule has 1 N–H and O–H groups in total. The van der Waals surface area contributed by atoms with Crippen LogP contribution in [-0.2, 0) is 38.7 Å². The SMILES string of the molecule is C=C(C)C(=O)OCC(COC(=O)C(=C)C)C(=O)OCC(C)S(=O)(=O)O.[H-].[H-].[Mg+2]. The Balaban J connectivity index is -0.000000960. The number of hydrogen-bond acceptors (Lipinski definition) is 8. The number of carbonyl (C=O) groups excluding carboxylic acids is 3. The minimum absolute atomic E-state index is 0. The second kappa shape index (κ2) is 12.0. The number of rotatable bonds is 10. The van der Waals surface area contributed by atoms with Crippen LogP contribution in [0.1, 0.15) is 23.6 Å². The molecule has 0 amide bonds. The van der Waals surface area contributed by atoms with Gasteiger partial charge in [0.05, 0.1) is 0 Å². The molecule has 0 saturated heterocycles. The fraction of sp³-hybridized carbons (Fsp3) is 0.533. The summed E-state index contributed by atoms with van der Waals surface area (Å²) in [7, 11) is -4.37. The molecule has 0 radical (unpaired) electrons. The van der Waals surface area contributed by atoms with E-state index in [1.54, 1.807) is 0 Å². The summed E-state index contributed by atoms with van der Waals surface area (Å²) in [6.07, 6.45) is 0. The first-order chi connectivity index (χ1) is 11.4. The third kappa shape index (κ3) is 10.5. The van der Waals surface area contributed by atoms with E-state index in [-0.39, 0.29) is 37.1 Å². The van der Waals surface area contributed by atoms with Crippen LogP contribution < -0.4 is 0 Å². The zero-order valence-corrected chi connectivity index (χ0v) is 17.2. The Bertz CT molecular complexity index is 634. The molecule has 0 aromatic carbocycles. The van der Waals surface area contributed by atoms with Gasteiger partial charge in [0.25, 0.3) is 10.1 Å². The van der Waals surface area contributed by atoms with E-state index in [2.05, 4.69) is 13.2 Å². The summed E-state index contributed by atoms with van der Waals surface area (Å²) in [5.41, 5.74) is 0.206. The van der Waals surface area contributed by atoms with Crippen LogP contribution in [0.15, 0.2) is 24.3 Å². The van der Waals surface area contributed by atoms with E-state index in [0.717, 1.165) is 6.92 Å². The molecule has 0 spiro atoms. The number of ether oxygens (including phenoxy) is 3. The van der Waals surface area contributed by atoms with Crippen LogP contribution in [0.5, 0.6) is 0 Å². The van der Waals surface area contributed by atoms with Crippen molar-refractivity contribution in [1.82, 2.24) is 0 Å². The fourth-order valence-corrected chi connectivity index (χ4v) is 1.43. The smallest absolute Gasteiger partial charge is 1.00 e. The zero-order valence-electron chi connectivity index (χ0n) is 17.0. The van der Waals surface area contributed by atoms with Crippen molar-refractivity contribution >= 4 is 51.1 Å². The predicted molar refractivity (Wildman–Crippen MR) is 95.0 cm³/mol. The summed E-state index contributed by atoms with van der Waals surface area (Å²) in [6, 6.07) is 0. The van der Waals surface area contributed by atoms with Crippen molar-refractivity contribution in [3.63, 3.8) is 0 Å². The Morgan fingerprint density at radius 2 is 1.35 bits per heavy atom. The summed E-state index contributed by atoms with van der Waals surface area (Å²) in [5.74, 6) is -3.65. The van der Waals surface area contributed by atoms with Gasteiger partial charge < -0.3 is 17.1 Å². The maximum Gasteiger partial charge on any atom is 2.00 e. The molecule has 0 aliphatic rings.